The summed E-state index contributed by atoms with van der Waals surface area (Å²) in [5, 5.41) is 3.40. The predicted octanol–water partition coefficient (Wildman–Crippen LogP) is 2.18. The molecule has 0 radical (unpaired) electrons. The second-order valence-corrected chi connectivity index (χ2v) is 6.58. The number of carbonyl (C=O) groups is 1. The van der Waals surface area contributed by atoms with E-state index in [0.29, 0.717) is 5.92 Å². The van der Waals surface area contributed by atoms with E-state index < -0.39 is 0 Å². The number of hydrogen-bond acceptors (Lipinski definition) is 3. The molecule has 1 atom stereocenters. The van der Waals surface area contributed by atoms with E-state index in [-0.39, 0.29) is 11.9 Å². The molecule has 5 heteroatoms. The van der Waals surface area contributed by atoms with Crippen molar-refractivity contribution in [3.05, 3.63) is 35.4 Å². The Morgan fingerprint density at radius 3 is 2.75 bits per heavy atom. The molecule has 24 heavy (non-hydrogen) atoms. The molecular formula is C19H27N3O2. The van der Waals surface area contributed by atoms with Crippen molar-refractivity contribution < 1.29 is 9.53 Å². The highest BCUT2D eigenvalue weighted by atomic mass is 16.5. The Kier molecular flexibility index (Phi) is 5.38. The largest absolute Gasteiger partial charge is 0.469 e. The van der Waals surface area contributed by atoms with E-state index in [4.69, 9.17) is 9.73 Å². The molecule has 1 unspecified atom stereocenters. The van der Waals surface area contributed by atoms with Gasteiger partial charge in [-0.05, 0) is 37.3 Å². The maximum Gasteiger partial charge on any atom is 0.308 e. The molecule has 0 bridgehead atoms. The quantitative estimate of drug-likeness (QED) is 0.523. The lowest BCUT2D eigenvalue weighted by atomic mass is 9.78. The Morgan fingerprint density at radius 1 is 1.33 bits per heavy atom. The first-order valence-electron chi connectivity index (χ1n) is 8.91. The van der Waals surface area contributed by atoms with Crippen LogP contribution < -0.4 is 5.32 Å². The number of benzene rings is 1. The van der Waals surface area contributed by atoms with Gasteiger partial charge in [-0.3, -0.25) is 9.79 Å². The number of aliphatic imine (C=N–C) groups is 1. The number of esters is 1. The molecule has 5 nitrogen and oxygen atoms in total. The zero-order chi connectivity index (χ0) is 16.9. The van der Waals surface area contributed by atoms with Crippen LogP contribution >= 0.6 is 0 Å². The number of carbonyl (C=O) groups excluding carboxylic acids is 1. The molecule has 0 saturated carbocycles. The average Bonchev–Trinajstić information content (AvgIpc) is 2.61. The first-order chi connectivity index (χ1) is 11.7. The molecule has 1 heterocycles. The van der Waals surface area contributed by atoms with Crippen molar-refractivity contribution >= 4 is 11.9 Å². The summed E-state index contributed by atoms with van der Waals surface area (Å²) in [5.74, 6) is 1.47. The minimum Gasteiger partial charge on any atom is -0.469 e. The molecule has 1 N–H and O–H groups in total. The van der Waals surface area contributed by atoms with Crippen molar-refractivity contribution in [1.29, 1.82) is 0 Å². The van der Waals surface area contributed by atoms with Crippen LogP contribution in [0.1, 0.15) is 36.8 Å². The molecule has 2 aliphatic rings. The summed E-state index contributed by atoms with van der Waals surface area (Å²) in [6.07, 6.45) is 2.80. The third kappa shape index (κ3) is 3.55. The Morgan fingerprint density at radius 2 is 2.08 bits per heavy atom. The van der Waals surface area contributed by atoms with Gasteiger partial charge in [0.05, 0.1) is 13.0 Å². The van der Waals surface area contributed by atoms with Crippen LogP contribution in [0.3, 0.4) is 0 Å². The van der Waals surface area contributed by atoms with Crippen LogP contribution in [0.25, 0.3) is 0 Å². The molecule has 0 aromatic heterocycles. The Hall–Kier alpha value is -2.04. The van der Waals surface area contributed by atoms with Crippen LogP contribution in [0.2, 0.25) is 0 Å². The van der Waals surface area contributed by atoms with Crippen LogP contribution in [0, 0.1) is 5.92 Å². The molecule has 130 valence electrons. The summed E-state index contributed by atoms with van der Waals surface area (Å²) in [6, 6.07) is 8.64. The van der Waals surface area contributed by atoms with Gasteiger partial charge in [-0.15, -0.1) is 0 Å². The number of nitrogens with zero attached hydrogens (tertiary/aromatic N) is 2. The molecule has 1 fully saturated rings. The first kappa shape index (κ1) is 16.8. The van der Waals surface area contributed by atoms with Gasteiger partial charge in [0, 0.05) is 32.1 Å². The van der Waals surface area contributed by atoms with E-state index >= 15 is 0 Å². The smallest absolute Gasteiger partial charge is 0.308 e. The van der Waals surface area contributed by atoms with E-state index in [1.54, 1.807) is 0 Å². The number of ether oxygens (including phenoxy) is 1. The third-order valence-electron chi connectivity index (χ3n) is 5.09. The van der Waals surface area contributed by atoms with E-state index in [1.165, 1.54) is 18.2 Å². The number of likely N-dealkylation sites (tertiary alicyclic amines) is 1. The maximum atomic E-state index is 11.7. The fourth-order valence-corrected chi connectivity index (χ4v) is 3.64. The number of piperidine rings is 1. The number of nitrogens with one attached hydrogen (secondary N) is 1. The van der Waals surface area contributed by atoms with Crippen molar-refractivity contribution in [2.45, 2.75) is 32.1 Å². The molecule has 1 saturated heterocycles. The van der Waals surface area contributed by atoms with Crippen molar-refractivity contribution in [3.8, 4) is 0 Å². The van der Waals surface area contributed by atoms with Gasteiger partial charge in [-0.2, -0.15) is 0 Å². The van der Waals surface area contributed by atoms with Crippen molar-refractivity contribution in [1.82, 2.24) is 10.2 Å². The van der Waals surface area contributed by atoms with E-state index in [9.17, 15) is 4.79 Å². The normalized spacial score (nSPS) is 21.0. The van der Waals surface area contributed by atoms with Gasteiger partial charge in [0.25, 0.3) is 0 Å². The highest BCUT2D eigenvalue weighted by molar-refractivity contribution is 5.80. The fourth-order valence-electron chi connectivity index (χ4n) is 3.64. The average molecular weight is 329 g/mol. The molecule has 1 aliphatic carbocycles. The van der Waals surface area contributed by atoms with E-state index in [2.05, 4.69) is 41.4 Å². The van der Waals surface area contributed by atoms with E-state index in [0.717, 1.165) is 51.4 Å². The third-order valence-corrected chi connectivity index (χ3v) is 5.09. The molecule has 3 rings (SSSR count). The van der Waals surface area contributed by atoms with Gasteiger partial charge in [0.2, 0.25) is 0 Å². The lowest BCUT2D eigenvalue weighted by Crippen LogP contribution is -2.47. The Labute approximate surface area is 144 Å². The molecule has 1 aliphatic heterocycles. The van der Waals surface area contributed by atoms with Crippen LogP contribution in [0.4, 0.5) is 0 Å². The lowest BCUT2D eigenvalue weighted by Gasteiger charge is -2.34. The monoisotopic (exact) mass is 329 g/mol. The summed E-state index contributed by atoms with van der Waals surface area (Å²) in [4.78, 5) is 18.8. The molecule has 0 spiro atoms. The van der Waals surface area contributed by atoms with Crippen LogP contribution in [0.5, 0.6) is 0 Å². The summed E-state index contributed by atoms with van der Waals surface area (Å²) in [6.45, 7) is 5.49. The Bertz CT molecular complexity index is 606. The second-order valence-electron chi connectivity index (χ2n) is 6.58. The van der Waals surface area contributed by atoms with Crippen LogP contribution in [-0.2, 0) is 16.0 Å². The maximum absolute atomic E-state index is 11.7. The van der Waals surface area contributed by atoms with Gasteiger partial charge >= 0.3 is 5.97 Å². The fraction of sp³-hybridized carbons (Fsp3) is 0.579. The van der Waals surface area contributed by atoms with Gasteiger partial charge in [0.1, 0.15) is 0 Å². The Balaban J connectivity index is 1.58. The number of rotatable bonds is 4. The van der Waals surface area contributed by atoms with Crippen molar-refractivity contribution in [2.24, 2.45) is 10.9 Å². The topological polar surface area (TPSA) is 53.9 Å². The minimum atomic E-state index is -0.0809. The number of guanidine groups is 1. The molecule has 1 aromatic rings. The highest BCUT2D eigenvalue weighted by Crippen LogP contribution is 2.34. The van der Waals surface area contributed by atoms with Crippen molar-refractivity contribution in [3.63, 3.8) is 0 Å². The highest BCUT2D eigenvalue weighted by Gasteiger charge is 2.28. The predicted molar refractivity (Wildman–Crippen MR) is 95.2 cm³/mol. The summed E-state index contributed by atoms with van der Waals surface area (Å²) in [7, 11) is 1.47. The number of methoxy groups -OCH3 is 1. The van der Waals surface area contributed by atoms with Gasteiger partial charge in [0.15, 0.2) is 5.96 Å². The first-order valence-corrected chi connectivity index (χ1v) is 8.91. The van der Waals surface area contributed by atoms with Gasteiger partial charge in [-0.25, -0.2) is 0 Å². The van der Waals surface area contributed by atoms with Crippen molar-refractivity contribution in [2.75, 3.05) is 33.3 Å². The minimum absolute atomic E-state index is 0.0348. The molecule has 0 amide bonds. The standard InChI is InChI=1S/C19H27N3O2/c1-3-20-19(22-10-8-14(9-11-22)18(23)24-2)21-13-16-12-15-6-4-5-7-17(15)16/h4-7,14,16H,3,8-13H2,1-2H3,(H,20,21). The zero-order valence-electron chi connectivity index (χ0n) is 14.6. The van der Waals surface area contributed by atoms with E-state index in [1.807, 2.05) is 0 Å². The van der Waals surface area contributed by atoms with Crippen LogP contribution in [-0.4, -0.2) is 50.1 Å². The van der Waals surface area contributed by atoms with Gasteiger partial charge < -0.3 is 15.0 Å². The number of fused-ring (bicyclic) bond motifs is 1. The summed E-state index contributed by atoms with van der Waals surface area (Å²) < 4.78 is 4.86. The zero-order valence-corrected chi connectivity index (χ0v) is 14.6. The SMILES string of the molecule is CCNC(=NCC1Cc2ccccc21)N1CCC(C(=O)OC)CC1. The summed E-state index contributed by atoms with van der Waals surface area (Å²) >= 11 is 0. The number of hydrogen-bond donors (Lipinski definition) is 1. The molecule has 1 aromatic carbocycles. The van der Waals surface area contributed by atoms with Crippen LogP contribution in [0.15, 0.2) is 29.3 Å². The lowest BCUT2D eigenvalue weighted by molar-refractivity contribution is -0.146. The van der Waals surface area contributed by atoms with Gasteiger partial charge in [-0.1, -0.05) is 24.3 Å². The second kappa shape index (κ2) is 7.69. The summed E-state index contributed by atoms with van der Waals surface area (Å²) in [5.41, 5.74) is 2.91. The molecular weight excluding hydrogens is 302 g/mol.